The minimum atomic E-state index is 0.180. The van der Waals surface area contributed by atoms with E-state index in [0.29, 0.717) is 0 Å². The van der Waals surface area contributed by atoms with Crippen LogP contribution in [0.25, 0.3) is 0 Å². The smallest absolute Gasteiger partial charge is 0.124 e. The Morgan fingerprint density at radius 1 is 1.10 bits per heavy atom. The van der Waals surface area contributed by atoms with Crippen LogP contribution in [0.5, 0.6) is 5.75 Å². The largest absolute Gasteiger partial charge is 0.491 e. The fourth-order valence-electron chi connectivity index (χ4n) is 2.08. The molecular weight excluding hydrogens is 248 g/mol. The molecule has 0 atom stereocenters. The second kappa shape index (κ2) is 6.42. The van der Waals surface area contributed by atoms with Crippen LogP contribution in [0.2, 0.25) is 0 Å². The zero-order valence-corrected chi connectivity index (χ0v) is 12.6. The maximum Gasteiger partial charge on any atom is 0.124 e. The molecular formula is C17H22N2O. The highest BCUT2D eigenvalue weighted by Gasteiger charge is 2.06. The van der Waals surface area contributed by atoms with Gasteiger partial charge in [0, 0.05) is 17.8 Å². The standard InChI is InChI=1S/C17H22N2O/c1-12(2)20-17-8-6-5-7-15(17)11-18-16-10-9-13(3)19-14(16)4/h5-10,12,18H,11H2,1-4H3. The van der Waals surface area contributed by atoms with E-state index >= 15 is 0 Å². The molecule has 0 spiro atoms. The highest BCUT2D eigenvalue weighted by molar-refractivity contribution is 5.49. The molecule has 1 N–H and O–H groups in total. The molecule has 0 bridgehead atoms. The van der Waals surface area contributed by atoms with Crippen molar-refractivity contribution in [3.05, 3.63) is 53.3 Å². The van der Waals surface area contributed by atoms with Crippen molar-refractivity contribution < 1.29 is 4.74 Å². The number of para-hydroxylation sites is 1. The van der Waals surface area contributed by atoms with Crippen LogP contribution in [0.1, 0.15) is 30.8 Å². The van der Waals surface area contributed by atoms with Crippen LogP contribution < -0.4 is 10.1 Å². The topological polar surface area (TPSA) is 34.1 Å². The van der Waals surface area contributed by atoms with Crippen LogP contribution in [0, 0.1) is 13.8 Å². The summed E-state index contributed by atoms with van der Waals surface area (Å²) in [5, 5.41) is 3.43. The minimum absolute atomic E-state index is 0.180. The Labute approximate surface area is 121 Å². The maximum absolute atomic E-state index is 5.83. The normalized spacial score (nSPS) is 10.7. The maximum atomic E-state index is 5.83. The first-order valence-corrected chi connectivity index (χ1v) is 6.99. The molecule has 0 amide bonds. The van der Waals surface area contributed by atoms with Gasteiger partial charge in [-0.05, 0) is 45.9 Å². The second-order valence-corrected chi connectivity index (χ2v) is 5.21. The summed E-state index contributed by atoms with van der Waals surface area (Å²) in [6.45, 7) is 8.83. The van der Waals surface area contributed by atoms with Crippen molar-refractivity contribution in [1.82, 2.24) is 4.98 Å². The van der Waals surface area contributed by atoms with Crippen molar-refractivity contribution in [1.29, 1.82) is 0 Å². The number of anilines is 1. The van der Waals surface area contributed by atoms with Crippen molar-refractivity contribution in [2.45, 2.75) is 40.3 Å². The molecule has 0 unspecified atom stereocenters. The predicted octanol–water partition coefficient (Wildman–Crippen LogP) is 4.10. The molecule has 2 rings (SSSR count). The molecule has 20 heavy (non-hydrogen) atoms. The molecule has 1 aromatic heterocycles. The number of aromatic nitrogens is 1. The monoisotopic (exact) mass is 270 g/mol. The lowest BCUT2D eigenvalue weighted by Gasteiger charge is -2.15. The number of aryl methyl sites for hydroxylation is 2. The van der Waals surface area contributed by atoms with Crippen molar-refractivity contribution in [3.8, 4) is 5.75 Å². The van der Waals surface area contributed by atoms with E-state index in [1.807, 2.05) is 52.0 Å². The quantitative estimate of drug-likeness (QED) is 0.888. The van der Waals surface area contributed by atoms with E-state index in [4.69, 9.17) is 4.74 Å². The van der Waals surface area contributed by atoms with Gasteiger partial charge in [-0.25, -0.2) is 0 Å². The number of nitrogens with one attached hydrogen (secondary N) is 1. The van der Waals surface area contributed by atoms with E-state index in [1.54, 1.807) is 0 Å². The molecule has 0 radical (unpaired) electrons. The lowest BCUT2D eigenvalue weighted by Crippen LogP contribution is -2.09. The molecule has 0 fully saturated rings. The van der Waals surface area contributed by atoms with Gasteiger partial charge in [0.15, 0.2) is 0 Å². The van der Waals surface area contributed by atoms with Gasteiger partial charge in [-0.15, -0.1) is 0 Å². The Hall–Kier alpha value is -2.03. The number of hydrogen-bond donors (Lipinski definition) is 1. The number of nitrogens with zero attached hydrogens (tertiary/aromatic N) is 1. The molecule has 0 aliphatic carbocycles. The van der Waals surface area contributed by atoms with Gasteiger partial charge in [-0.3, -0.25) is 4.98 Å². The van der Waals surface area contributed by atoms with Crippen LogP contribution in [0.4, 0.5) is 5.69 Å². The summed E-state index contributed by atoms with van der Waals surface area (Å²) < 4.78 is 5.83. The first-order chi connectivity index (χ1) is 9.56. The van der Waals surface area contributed by atoms with E-state index < -0.39 is 0 Å². The van der Waals surface area contributed by atoms with E-state index in [1.165, 1.54) is 0 Å². The van der Waals surface area contributed by atoms with Gasteiger partial charge in [0.05, 0.1) is 17.5 Å². The number of benzene rings is 1. The molecule has 106 valence electrons. The summed E-state index contributed by atoms with van der Waals surface area (Å²) in [7, 11) is 0. The zero-order chi connectivity index (χ0) is 14.5. The SMILES string of the molecule is Cc1ccc(NCc2ccccc2OC(C)C)c(C)n1. The van der Waals surface area contributed by atoms with Crippen molar-refractivity contribution >= 4 is 5.69 Å². The third-order valence-corrected chi connectivity index (χ3v) is 3.03. The summed E-state index contributed by atoms with van der Waals surface area (Å²) in [4.78, 5) is 4.46. The molecule has 2 aromatic rings. The molecule has 0 aliphatic rings. The van der Waals surface area contributed by atoms with E-state index in [0.717, 1.165) is 34.9 Å². The Bertz CT molecular complexity index is 579. The van der Waals surface area contributed by atoms with Crippen LogP contribution in [0.3, 0.4) is 0 Å². The van der Waals surface area contributed by atoms with Gasteiger partial charge >= 0.3 is 0 Å². The lowest BCUT2D eigenvalue weighted by atomic mass is 10.2. The predicted molar refractivity (Wildman–Crippen MR) is 83.2 cm³/mol. The number of hydrogen-bond acceptors (Lipinski definition) is 3. The van der Waals surface area contributed by atoms with Crippen molar-refractivity contribution in [2.75, 3.05) is 5.32 Å². The number of pyridine rings is 1. The Balaban J connectivity index is 2.10. The number of rotatable bonds is 5. The van der Waals surface area contributed by atoms with Gasteiger partial charge in [0.2, 0.25) is 0 Å². The first-order valence-electron chi connectivity index (χ1n) is 6.99. The van der Waals surface area contributed by atoms with Crippen LogP contribution in [0.15, 0.2) is 36.4 Å². The molecule has 3 heteroatoms. The van der Waals surface area contributed by atoms with Crippen molar-refractivity contribution in [3.63, 3.8) is 0 Å². The summed E-state index contributed by atoms with van der Waals surface area (Å²) in [6.07, 6.45) is 0.180. The zero-order valence-electron chi connectivity index (χ0n) is 12.6. The lowest BCUT2D eigenvalue weighted by molar-refractivity contribution is 0.240. The van der Waals surface area contributed by atoms with Gasteiger partial charge in [0.1, 0.15) is 5.75 Å². The molecule has 1 aromatic carbocycles. The molecule has 0 saturated carbocycles. The van der Waals surface area contributed by atoms with Gasteiger partial charge in [0.25, 0.3) is 0 Å². The molecule has 1 heterocycles. The number of ether oxygens (including phenoxy) is 1. The minimum Gasteiger partial charge on any atom is -0.491 e. The van der Waals surface area contributed by atoms with E-state index in [-0.39, 0.29) is 6.10 Å². The van der Waals surface area contributed by atoms with Crippen LogP contribution >= 0.6 is 0 Å². The van der Waals surface area contributed by atoms with Gasteiger partial charge in [-0.1, -0.05) is 18.2 Å². The van der Waals surface area contributed by atoms with Gasteiger partial charge < -0.3 is 10.1 Å². The van der Waals surface area contributed by atoms with Gasteiger partial charge in [-0.2, -0.15) is 0 Å². The summed E-state index contributed by atoms with van der Waals surface area (Å²) >= 11 is 0. The third-order valence-electron chi connectivity index (χ3n) is 3.03. The van der Waals surface area contributed by atoms with E-state index in [9.17, 15) is 0 Å². The van der Waals surface area contributed by atoms with Crippen molar-refractivity contribution in [2.24, 2.45) is 0 Å². The molecule has 0 saturated heterocycles. The third kappa shape index (κ3) is 3.73. The fourth-order valence-corrected chi connectivity index (χ4v) is 2.08. The second-order valence-electron chi connectivity index (χ2n) is 5.21. The average molecular weight is 270 g/mol. The first kappa shape index (κ1) is 14.4. The highest BCUT2D eigenvalue weighted by atomic mass is 16.5. The fraction of sp³-hybridized carbons (Fsp3) is 0.353. The van der Waals surface area contributed by atoms with Crippen LogP contribution in [-0.2, 0) is 6.54 Å². The Morgan fingerprint density at radius 3 is 2.55 bits per heavy atom. The summed E-state index contributed by atoms with van der Waals surface area (Å²) in [5.41, 5.74) is 4.28. The summed E-state index contributed by atoms with van der Waals surface area (Å²) in [6, 6.07) is 12.2. The average Bonchev–Trinajstić information content (AvgIpc) is 2.39. The molecule has 0 aliphatic heterocycles. The van der Waals surface area contributed by atoms with Crippen LogP contribution in [-0.4, -0.2) is 11.1 Å². The van der Waals surface area contributed by atoms with E-state index in [2.05, 4.69) is 22.4 Å². The Kier molecular flexibility index (Phi) is 4.61. The summed E-state index contributed by atoms with van der Waals surface area (Å²) in [5.74, 6) is 0.938. The Morgan fingerprint density at radius 2 is 1.85 bits per heavy atom. The highest BCUT2D eigenvalue weighted by Crippen LogP contribution is 2.21. The molecule has 3 nitrogen and oxygen atoms in total.